The van der Waals surface area contributed by atoms with E-state index < -0.39 is 0 Å². The molecule has 0 atom stereocenters. The van der Waals surface area contributed by atoms with Crippen LogP contribution in [0.25, 0.3) is 17.0 Å². The van der Waals surface area contributed by atoms with Crippen LogP contribution in [0.1, 0.15) is 24.3 Å². The molecule has 0 aliphatic carbocycles. The molecule has 4 heterocycles. The first kappa shape index (κ1) is 20.7. The van der Waals surface area contributed by atoms with Gasteiger partial charge in [0, 0.05) is 6.20 Å². The van der Waals surface area contributed by atoms with Crippen LogP contribution in [0, 0.1) is 5.82 Å². The summed E-state index contributed by atoms with van der Waals surface area (Å²) in [5.41, 5.74) is 3.64. The third kappa shape index (κ3) is 3.99. The molecule has 164 valence electrons. The number of imidazole rings is 1. The fourth-order valence-corrected chi connectivity index (χ4v) is 4.27. The van der Waals surface area contributed by atoms with Gasteiger partial charge in [-0.05, 0) is 61.7 Å². The van der Waals surface area contributed by atoms with Crippen LogP contribution in [0.5, 0.6) is 5.75 Å². The number of halogens is 2. The third-order valence-corrected chi connectivity index (χ3v) is 6.02. The number of rotatable bonds is 5. The van der Waals surface area contributed by atoms with Crippen LogP contribution in [-0.2, 0) is 0 Å². The topological polar surface area (TPSA) is 76.4 Å². The molecular formula is C23H22ClFN6O. The number of nitrogens with zero attached hydrogens (tertiary/aromatic N) is 4. The number of hydrogen-bond acceptors (Lipinski definition) is 6. The summed E-state index contributed by atoms with van der Waals surface area (Å²) in [4.78, 5) is 13.2. The highest BCUT2D eigenvalue weighted by molar-refractivity contribution is 6.32. The number of aromatic nitrogens is 4. The molecule has 1 saturated heterocycles. The average Bonchev–Trinajstić information content (AvgIpc) is 3.24. The van der Waals surface area contributed by atoms with Gasteiger partial charge in [-0.15, -0.1) is 0 Å². The second-order valence-corrected chi connectivity index (χ2v) is 8.13. The van der Waals surface area contributed by atoms with Crippen LogP contribution in [0.2, 0.25) is 5.02 Å². The second-order valence-electron chi connectivity index (χ2n) is 7.72. The van der Waals surface area contributed by atoms with Gasteiger partial charge in [-0.2, -0.15) is 0 Å². The van der Waals surface area contributed by atoms with Gasteiger partial charge in [0.05, 0.1) is 35.9 Å². The van der Waals surface area contributed by atoms with Crippen molar-refractivity contribution in [3.8, 4) is 17.1 Å². The van der Waals surface area contributed by atoms with Gasteiger partial charge in [-0.25, -0.2) is 19.3 Å². The minimum atomic E-state index is -0.376. The van der Waals surface area contributed by atoms with Crippen LogP contribution < -0.4 is 15.4 Å². The van der Waals surface area contributed by atoms with Gasteiger partial charge in [0.2, 0.25) is 5.95 Å². The summed E-state index contributed by atoms with van der Waals surface area (Å²) >= 11 is 6.38. The van der Waals surface area contributed by atoms with E-state index in [1.807, 2.05) is 6.07 Å². The maximum absolute atomic E-state index is 13.8. The predicted octanol–water partition coefficient (Wildman–Crippen LogP) is 4.80. The molecular weight excluding hydrogens is 431 g/mol. The minimum absolute atomic E-state index is 0.342. The van der Waals surface area contributed by atoms with Crippen LogP contribution in [0.4, 0.5) is 16.0 Å². The summed E-state index contributed by atoms with van der Waals surface area (Å²) in [7, 11) is 1.65. The lowest BCUT2D eigenvalue weighted by Crippen LogP contribution is -2.26. The Balaban J connectivity index is 1.47. The van der Waals surface area contributed by atoms with Gasteiger partial charge in [-0.3, -0.25) is 4.40 Å². The van der Waals surface area contributed by atoms with Gasteiger partial charge in [0.1, 0.15) is 22.9 Å². The number of nitrogens with one attached hydrogen (secondary N) is 2. The fraction of sp³-hybridized carbons (Fsp3) is 0.261. The van der Waals surface area contributed by atoms with Crippen molar-refractivity contribution in [1.29, 1.82) is 0 Å². The molecule has 0 radical (unpaired) electrons. The first-order valence-electron chi connectivity index (χ1n) is 10.4. The molecule has 32 heavy (non-hydrogen) atoms. The minimum Gasteiger partial charge on any atom is -0.495 e. The number of pyridine rings is 1. The van der Waals surface area contributed by atoms with Crippen molar-refractivity contribution in [2.24, 2.45) is 0 Å². The normalized spacial score (nSPS) is 14.6. The molecule has 0 amide bonds. The number of anilines is 2. The van der Waals surface area contributed by atoms with Gasteiger partial charge < -0.3 is 15.4 Å². The quantitative estimate of drug-likeness (QED) is 0.453. The first-order valence-corrected chi connectivity index (χ1v) is 10.8. The molecule has 7 nitrogen and oxygen atoms in total. The molecule has 0 spiro atoms. The van der Waals surface area contributed by atoms with Gasteiger partial charge in [0.25, 0.3) is 0 Å². The molecule has 2 N–H and O–H groups in total. The van der Waals surface area contributed by atoms with Crippen LogP contribution in [-0.4, -0.2) is 39.6 Å². The standard InChI is InChI=1S/C23H22ClFN6O/c1-32-20-10-15(14-6-8-26-9-7-14)2-4-18(20)29-23-28-11-17(24)22(30-23)19-12-27-21-5-3-16(25)13-31(19)21/h2-5,10-14,26H,6-9H2,1H3,(H,28,29,30). The van der Waals surface area contributed by atoms with Crippen molar-refractivity contribution in [2.75, 3.05) is 25.5 Å². The maximum Gasteiger partial charge on any atom is 0.227 e. The average molecular weight is 453 g/mol. The van der Waals surface area contributed by atoms with E-state index >= 15 is 0 Å². The van der Waals surface area contributed by atoms with E-state index in [1.54, 1.807) is 23.8 Å². The number of methoxy groups -OCH3 is 1. The zero-order valence-electron chi connectivity index (χ0n) is 17.5. The van der Waals surface area contributed by atoms with E-state index in [0.29, 0.717) is 33.9 Å². The Bertz CT molecular complexity index is 1270. The van der Waals surface area contributed by atoms with E-state index in [0.717, 1.165) is 37.4 Å². The number of hydrogen-bond donors (Lipinski definition) is 2. The van der Waals surface area contributed by atoms with Crippen LogP contribution in [0.3, 0.4) is 0 Å². The monoisotopic (exact) mass is 452 g/mol. The first-order chi connectivity index (χ1) is 15.6. The molecule has 0 unspecified atom stereocenters. The molecule has 3 aromatic heterocycles. The zero-order valence-corrected chi connectivity index (χ0v) is 18.2. The van der Waals surface area contributed by atoms with E-state index in [2.05, 4.69) is 37.7 Å². The van der Waals surface area contributed by atoms with Crippen molar-refractivity contribution < 1.29 is 9.13 Å². The highest BCUT2D eigenvalue weighted by atomic mass is 35.5. The van der Waals surface area contributed by atoms with Crippen molar-refractivity contribution in [2.45, 2.75) is 18.8 Å². The predicted molar refractivity (Wildman–Crippen MR) is 122 cm³/mol. The summed E-state index contributed by atoms with van der Waals surface area (Å²) in [6, 6.07) is 9.13. The van der Waals surface area contributed by atoms with Crippen molar-refractivity contribution in [1.82, 2.24) is 24.7 Å². The second kappa shape index (κ2) is 8.72. The molecule has 1 aliphatic rings. The highest BCUT2D eigenvalue weighted by Gasteiger charge is 2.18. The molecule has 5 rings (SSSR count). The summed E-state index contributed by atoms with van der Waals surface area (Å²) in [6.07, 6.45) is 6.70. The Morgan fingerprint density at radius 3 is 2.81 bits per heavy atom. The number of benzene rings is 1. The van der Waals surface area contributed by atoms with E-state index in [-0.39, 0.29) is 5.82 Å². The molecule has 1 fully saturated rings. The Morgan fingerprint density at radius 2 is 2.00 bits per heavy atom. The number of ether oxygens (including phenoxy) is 1. The van der Waals surface area contributed by atoms with Crippen molar-refractivity contribution >= 4 is 28.9 Å². The number of piperidine rings is 1. The molecule has 4 aromatic rings. The van der Waals surface area contributed by atoms with Crippen molar-refractivity contribution in [3.05, 3.63) is 65.3 Å². The summed E-state index contributed by atoms with van der Waals surface area (Å²) in [6.45, 7) is 2.06. The molecule has 0 bridgehead atoms. The number of fused-ring (bicyclic) bond motifs is 1. The van der Waals surface area contributed by atoms with Gasteiger partial charge in [-0.1, -0.05) is 17.7 Å². The Morgan fingerprint density at radius 1 is 1.16 bits per heavy atom. The SMILES string of the molecule is COc1cc(C2CCNCC2)ccc1Nc1ncc(Cl)c(-c2cnc3ccc(F)cn23)n1. The molecule has 1 aromatic carbocycles. The lowest BCUT2D eigenvalue weighted by molar-refractivity contribution is 0.413. The van der Waals surface area contributed by atoms with Gasteiger partial charge in [0.15, 0.2) is 0 Å². The highest BCUT2D eigenvalue weighted by Crippen LogP contribution is 2.34. The maximum atomic E-state index is 13.8. The Kier molecular flexibility index (Phi) is 5.63. The fourth-order valence-electron chi connectivity index (χ4n) is 4.08. The summed E-state index contributed by atoms with van der Waals surface area (Å²) in [5, 5.41) is 6.96. The lowest BCUT2D eigenvalue weighted by atomic mass is 9.90. The summed E-state index contributed by atoms with van der Waals surface area (Å²) in [5.74, 6) is 1.22. The third-order valence-electron chi connectivity index (χ3n) is 5.74. The molecule has 0 saturated carbocycles. The van der Waals surface area contributed by atoms with Crippen LogP contribution in [0.15, 0.2) is 48.9 Å². The lowest BCUT2D eigenvalue weighted by Gasteiger charge is -2.24. The zero-order chi connectivity index (χ0) is 22.1. The van der Waals surface area contributed by atoms with E-state index in [4.69, 9.17) is 16.3 Å². The molecule has 9 heteroatoms. The largest absolute Gasteiger partial charge is 0.495 e. The molecule has 1 aliphatic heterocycles. The van der Waals surface area contributed by atoms with E-state index in [1.165, 1.54) is 24.0 Å². The van der Waals surface area contributed by atoms with Crippen LogP contribution >= 0.6 is 11.6 Å². The van der Waals surface area contributed by atoms with Crippen molar-refractivity contribution in [3.63, 3.8) is 0 Å². The smallest absolute Gasteiger partial charge is 0.227 e. The Labute approximate surface area is 189 Å². The van der Waals surface area contributed by atoms with E-state index in [9.17, 15) is 4.39 Å². The van der Waals surface area contributed by atoms with Gasteiger partial charge >= 0.3 is 0 Å². The Hall–Kier alpha value is -3.23. The summed E-state index contributed by atoms with van der Waals surface area (Å²) < 4.78 is 21.0.